The lowest BCUT2D eigenvalue weighted by Gasteiger charge is -2.09. The van der Waals surface area contributed by atoms with Crippen LogP contribution in [0.3, 0.4) is 0 Å². The molecular weight excluding hydrogens is 328 g/mol. The van der Waals surface area contributed by atoms with Gasteiger partial charge in [0.15, 0.2) is 0 Å². The van der Waals surface area contributed by atoms with Crippen LogP contribution < -0.4 is 5.32 Å². The number of rotatable bonds is 3. The monoisotopic (exact) mass is 336 g/mol. The Hall–Kier alpha value is -1.70. The van der Waals surface area contributed by atoms with E-state index in [2.05, 4.69) is 21.2 Å². The minimum Gasteiger partial charge on any atom is -0.506 e. The molecule has 0 radical (unpaired) electrons. The topological polar surface area (TPSA) is 56.0 Å². The second-order valence-electron chi connectivity index (χ2n) is 3.91. The zero-order chi connectivity index (χ0) is 13.8. The van der Waals surface area contributed by atoms with Gasteiger partial charge in [-0.3, -0.25) is 0 Å². The average Bonchev–Trinajstić information content (AvgIpc) is 2.40. The third-order valence-corrected chi connectivity index (χ3v) is 3.60. The van der Waals surface area contributed by atoms with Crippen molar-refractivity contribution in [1.82, 2.24) is 0 Å². The van der Waals surface area contributed by atoms with Gasteiger partial charge in [-0.25, -0.2) is 0 Å². The Labute approximate surface area is 124 Å². The predicted molar refractivity (Wildman–Crippen MR) is 79.3 cm³/mol. The fraction of sp³-hybridized carbons (Fsp3) is 0.0714. The highest BCUT2D eigenvalue weighted by molar-refractivity contribution is 9.10. The van der Waals surface area contributed by atoms with Crippen molar-refractivity contribution < 1.29 is 5.11 Å². The van der Waals surface area contributed by atoms with E-state index in [0.29, 0.717) is 21.6 Å². The number of nitriles is 1. The lowest BCUT2D eigenvalue weighted by Crippen LogP contribution is -2.00. The second kappa shape index (κ2) is 5.96. The molecule has 2 aromatic rings. The van der Waals surface area contributed by atoms with Gasteiger partial charge in [-0.15, -0.1) is 0 Å². The van der Waals surface area contributed by atoms with Crippen LogP contribution >= 0.6 is 27.5 Å². The average molecular weight is 338 g/mol. The normalized spacial score (nSPS) is 9.95. The first-order chi connectivity index (χ1) is 9.11. The molecule has 2 rings (SSSR count). The zero-order valence-electron chi connectivity index (χ0n) is 9.82. The molecule has 19 heavy (non-hydrogen) atoms. The number of para-hydroxylation sites is 1. The van der Waals surface area contributed by atoms with E-state index >= 15 is 0 Å². The van der Waals surface area contributed by atoms with Gasteiger partial charge in [-0.05, 0) is 40.2 Å². The minimum absolute atomic E-state index is 0.217. The number of hydrogen-bond donors (Lipinski definition) is 2. The van der Waals surface area contributed by atoms with Crippen LogP contribution in [-0.4, -0.2) is 5.11 Å². The van der Waals surface area contributed by atoms with E-state index in [0.717, 1.165) is 11.3 Å². The van der Waals surface area contributed by atoms with E-state index in [-0.39, 0.29) is 5.75 Å². The lowest BCUT2D eigenvalue weighted by molar-refractivity contribution is 0.465. The molecule has 96 valence electrons. The van der Waals surface area contributed by atoms with Gasteiger partial charge in [-0.2, -0.15) is 5.26 Å². The Morgan fingerprint density at radius 2 is 2.11 bits per heavy atom. The maximum Gasteiger partial charge on any atom is 0.134 e. The van der Waals surface area contributed by atoms with Crippen molar-refractivity contribution in [1.29, 1.82) is 5.26 Å². The minimum atomic E-state index is 0.217. The molecule has 5 heteroatoms. The summed E-state index contributed by atoms with van der Waals surface area (Å²) in [5.41, 5.74) is 2.01. The summed E-state index contributed by atoms with van der Waals surface area (Å²) in [6.45, 7) is 0.466. The summed E-state index contributed by atoms with van der Waals surface area (Å²) < 4.78 is 0.657. The third-order valence-electron chi connectivity index (χ3n) is 2.64. The summed E-state index contributed by atoms with van der Waals surface area (Å²) in [7, 11) is 0. The Morgan fingerprint density at radius 1 is 1.32 bits per heavy atom. The standard InChI is InChI=1S/C14H10BrClN2O/c15-12-3-1-2-10(14(12)19)8-18-11-5-4-9(7-17)13(16)6-11/h1-6,18-19H,8H2. The molecule has 0 amide bonds. The molecular formula is C14H10BrClN2O. The highest BCUT2D eigenvalue weighted by atomic mass is 79.9. The first-order valence-corrected chi connectivity index (χ1v) is 6.69. The van der Waals surface area contributed by atoms with Gasteiger partial charge in [0.25, 0.3) is 0 Å². The van der Waals surface area contributed by atoms with Gasteiger partial charge in [-0.1, -0.05) is 23.7 Å². The lowest BCUT2D eigenvalue weighted by atomic mass is 10.2. The van der Waals surface area contributed by atoms with Crippen LogP contribution in [0.1, 0.15) is 11.1 Å². The predicted octanol–water partition coefficient (Wildman–Crippen LogP) is 4.29. The van der Waals surface area contributed by atoms with Gasteiger partial charge in [0.2, 0.25) is 0 Å². The van der Waals surface area contributed by atoms with Gasteiger partial charge >= 0.3 is 0 Å². The number of phenolic OH excluding ortho intramolecular Hbond substituents is 1. The molecule has 2 N–H and O–H groups in total. The van der Waals surface area contributed by atoms with Crippen molar-refractivity contribution in [2.24, 2.45) is 0 Å². The third kappa shape index (κ3) is 3.19. The number of halogens is 2. The van der Waals surface area contributed by atoms with Crippen LogP contribution in [0.25, 0.3) is 0 Å². The van der Waals surface area contributed by atoms with Crippen molar-refractivity contribution in [2.75, 3.05) is 5.32 Å². The molecule has 0 aromatic heterocycles. The van der Waals surface area contributed by atoms with E-state index in [1.165, 1.54) is 0 Å². The van der Waals surface area contributed by atoms with Gasteiger partial charge in [0.1, 0.15) is 11.8 Å². The summed E-state index contributed by atoms with van der Waals surface area (Å²) in [5.74, 6) is 0.217. The van der Waals surface area contributed by atoms with E-state index in [4.69, 9.17) is 16.9 Å². The van der Waals surface area contributed by atoms with E-state index in [1.807, 2.05) is 18.2 Å². The highest BCUT2D eigenvalue weighted by Gasteiger charge is 2.05. The summed E-state index contributed by atoms with van der Waals surface area (Å²) in [4.78, 5) is 0. The molecule has 2 aromatic carbocycles. The van der Waals surface area contributed by atoms with Crippen molar-refractivity contribution in [3.8, 4) is 11.8 Å². The van der Waals surface area contributed by atoms with Gasteiger partial charge in [0.05, 0.1) is 15.1 Å². The van der Waals surface area contributed by atoms with Gasteiger partial charge in [0, 0.05) is 17.8 Å². The van der Waals surface area contributed by atoms with Crippen LogP contribution in [0, 0.1) is 11.3 Å². The highest BCUT2D eigenvalue weighted by Crippen LogP contribution is 2.28. The summed E-state index contributed by atoms with van der Waals surface area (Å²) in [5, 5.41) is 22.2. The van der Waals surface area contributed by atoms with Crippen LogP contribution in [-0.2, 0) is 6.54 Å². The molecule has 0 saturated heterocycles. The quantitative estimate of drug-likeness (QED) is 0.878. The molecule has 0 saturated carbocycles. The maximum absolute atomic E-state index is 9.86. The Kier molecular flexibility index (Phi) is 4.31. The van der Waals surface area contributed by atoms with Crippen molar-refractivity contribution in [2.45, 2.75) is 6.54 Å². The Balaban J connectivity index is 2.13. The van der Waals surface area contributed by atoms with Crippen LogP contribution in [0.15, 0.2) is 40.9 Å². The number of hydrogen-bond acceptors (Lipinski definition) is 3. The van der Waals surface area contributed by atoms with Crippen LogP contribution in [0.4, 0.5) is 5.69 Å². The molecule has 0 aliphatic carbocycles. The molecule has 3 nitrogen and oxygen atoms in total. The van der Waals surface area contributed by atoms with Gasteiger partial charge < -0.3 is 10.4 Å². The first kappa shape index (κ1) is 13.7. The molecule has 0 heterocycles. The zero-order valence-corrected chi connectivity index (χ0v) is 12.2. The molecule has 0 fully saturated rings. The summed E-state index contributed by atoms with van der Waals surface area (Å²) in [6, 6.07) is 12.6. The molecule has 0 aliphatic rings. The van der Waals surface area contributed by atoms with Crippen LogP contribution in [0.5, 0.6) is 5.75 Å². The molecule has 0 bridgehead atoms. The smallest absolute Gasteiger partial charge is 0.134 e. The number of phenols is 1. The van der Waals surface area contributed by atoms with Crippen molar-refractivity contribution >= 4 is 33.2 Å². The van der Waals surface area contributed by atoms with E-state index in [9.17, 15) is 5.11 Å². The van der Waals surface area contributed by atoms with Crippen molar-refractivity contribution in [3.63, 3.8) is 0 Å². The number of benzene rings is 2. The number of aromatic hydroxyl groups is 1. The maximum atomic E-state index is 9.86. The SMILES string of the molecule is N#Cc1ccc(NCc2cccc(Br)c2O)cc1Cl. The Morgan fingerprint density at radius 3 is 2.79 bits per heavy atom. The molecule has 0 aliphatic heterocycles. The Bertz CT molecular complexity index is 652. The fourth-order valence-corrected chi connectivity index (χ4v) is 2.25. The second-order valence-corrected chi connectivity index (χ2v) is 5.17. The number of anilines is 1. The van der Waals surface area contributed by atoms with Crippen molar-refractivity contribution in [3.05, 3.63) is 57.0 Å². The summed E-state index contributed by atoms with van der Waals surface area (Å²) >= 11 is 9.22. The molecule has 0 unspecified atom stereocenters. The summed E-state index contributed by atoms with van der Waals surface area (Å²) in [6.07, 6.45) is 0. The largest absolute Gasteiger partial charge is 0.506 e. The molecule has 0 spiro atoms. The molecule has 0 atom stereocenters. The van der Waals surface area contributed by atoms with E-state index in [1.54, 1.807) is 24.3 Å². The first-order valence-electron chi connectivity index (χ1n) is 5.51. The van der Waals surface area contributed by atoms with Crippen LogP contribution in [0.2, 0.25) is 5.02 Å². The van der Waals surface area contributed by atoms with E-state index < -0.39 is 0 Å². The number of nitrogens with one attached hydrogen (secondary N) is 1. The number of nitrogens with zero attached hydrogens (tertiary/aromatic N) is 1. The fourth-order valence-electron chi connectivity index (χ4n) is 1.62.